The van der Waals surface area contributed by atoms with Crippen LogP contribution < -0.4 is 5.73 Å². The number of hydrogen-bond donors (Lipinski definition) is 1. The topological polar surface area (TPSA) is 26.0 Å². The van der Waals surface area contributed by atoms with Gasteiger partial charge in [-0.2, -0.15) is 0 Å². The lowest BCUT2D eigenvalue weighted by atomic mass is 10.1. The van der Waals surface area contributed by atoms with Crippen LogP contribution in [-0.2, 0) is 0 Å². The molecule has 1 aromatic heterocycles. The van der Waals surface area contributed by atoms with Gasteiger partial charge in [0.05, 0.1) is 6.04 Å². The third-order valence-corrected chi connectivity index (χ3v) is 3.83. The summed E-state index contributed by atoms with van der Waals surface area (Å²) >= 11 is 13.6. The summed E-state index contributed by atoms with van der Waals surface area (Å²) in [5.41, 5.74) is 7.10. The summed E-state index contributed by atoms with van der Waals surface area (Å²) in [7, 11) is 0. The molecule has 2 N–H and O–H groups in total. The van der Waals surface area contributed by atoms with Gasteiger partial charge in [0.15, 0.2) is 0 Å². The van der Waals surface area contributed by atoms with Gasteiger partial charge in [0.2, 0.25) is 0 Å². The second-order valence-corrected chi connectivity index (χ2v) is 5.82. The molecule has 1 unspecified atom stereocenters. The van der Waals surface area contributed by atoms with Crippen LogP contribution in [-0.4, -0.2) is 0 Å². The van der Waals surface area contributed by atoms with Crippen LogP contribution in [0.1, 0.15) is 21.4 Å². The van der Waals surface area contributed by atoms with Crippen molar-refractivity contribution in [3.63, 3.8) is 0 Å². The Morgan fingerprint density at radius 2 is 1.75 bits per heavy atom. The van der Waals surface area contributed by atoms with E-state index in [0.29, 0.717) is 10.0 Å². The van der Waals surface area contributed by atoms with Crippen LogP contribution >= 0.6 is 34.5 Å². The lowest BCUT2D eigenvalue weighted by Gasteiger charge is -2.10. The summed E-state index contributed by atoms with van der Waals surface area (Å²) in [5, 5.41) is 1.23. The zero-order valence-corrected chi connectivity index (χ0v) is 11.0. The number of hydrogen-bond acceptors (Lipinski definition) is 2. The fraction of sp³-hybridized carbons (Fsp3) is 0.167. The van der Waals surface area contributed by atoms with Gasteiger partial charge >= 0.3 is 0 Å². The van der Waals surface area contributed by atoms with Crippen molar-refractivity contribution in [1.82, 2.24) is 0 Å². The first-order valence-electron chi connectivity index (χ1n) is 4.84. The van der Waals surface area contributed by atoms with Crippen molar-refractivity contribution in [3.05, 3.63) is 55.7 Å². The largest absolute Gasteiger partial charge is 0.320 e. The first kappa shape index (κ1) is 11.9. The molecule has 0 spiro atoms. The molecule has 16 heavy (non-hydrogen) atoms. The molecule has 0 saturated heterocycles. The molecule has 0 radical (unpaired) electrons. The molecule has 1 aromatic carbocycles. The van der Waals surface area contributed by atoms with E-state index in [0.717, 1.165) is 10.4 Å². The van der Waals surface area contributed by atoms with Gasteiger partial charge in [-0.15, -0.1) is 11.3 Å². The zero-order valence-electron chi connectivity index (χ0n) is 8.71. The van der Waals surface area contributed by atoms with Gasteiger partial charge in [-0.25, -0.2) is 0 Å². The Labute approximate surface area is 109 Å². The molecule has 0 aliphatic carbocycles. The van der Waals surface area contributed by atoms with Crippen LogP contribution in [0.25, 0.3) is 0 Å². The maximum absolute atomic E-state index is 6.16. The predicted octanol–water partition coefficient (Wildman–Crippen LogP) is 4.41. The second kappa shape index (κ2) is 4.76. The standard InChI is InChI=1S/C12H11Cl2NS/c1-7-2-3-11(16-7)12(15)8-4-9(13)6-10(14)5-8/h2-6,12H,15H2,1H3. The monoisotopic (exact) mass is 271 g/mol. The summed E-state index contributed by atoms with van der Waals surface area (Å²) < 4.78 is 0. The number of nitrogens with two attached hydrogens (primary N) is 1. The smallest absolute Gasteiger partial charge is 0.0647 e. The molecule has 84 valence electrons. The fourth-order valence-corrected chi connectivity index (χ4v) is 2.99. The SMILES string of the molecule is Cc1ccc(C(N)c2cc(Cl)cc(Cl)c2)s1. The summed E-state index contributed by atoms with van der Waals surface area (Å²) in [5.74, 6) is 0. The normalized spacial score (nSPS) is 12.8. The lowest BCUT2D eigenvalue weighted by Crippen LogP contribution is -2.10. The van der Waals surface area contributed by atoms with E-state index in [1.165, 1.54) is 4.88 Å². The molecule has 0 saturated carbocycles. The Morgan fingerprint density at radius 1 is 1.12 bits per heavy atom. The van der Waals surface area contributed by atoms with Crippen molar-refractivity contribution in [1.29, 1.82) is 0 Å². The zero-order chi connectivity index (χ0) is 11.7. The molecule has 2 rings (SSSR count). The number of thiophene rings is 1. The molecular formula is C12H11Cl2NS. The average Bonchev–Trinajstić information content (AvgIpc) is 2.62. The predicted molar refractivity (Wildman–Crippen MR) is 71.5 cm³/mol. The first-order chi connectivity index (χ1) is 7.56. The van der Waals surface area contributed by atoms with Crippen LogP contribution in [0, 0.1) is 6.92 Å². The van der Waals surface area contributed by atoms with Gasteiger partial charge in [0.1, 0.15) is 0 Å². The number of benzene rings is 1. The highest BCUT2D eigenvalue weighted by molar-refractivity contribution is 7.12. The molecule has 1 heterocycles. The highest BCUT2D eigenvalue weighted by Gasteiger charge is 2.12. The Morgan fingerprint density at radius 3 is 2.25 bits per heavy atom. The van der Waals surface area contributed by atoms with Gasteiger partial charge in [-0.3, -0.25) is 0 Å². The molecule has 0 amide bonds. The maximum Gasteiger partial charge on any atom is 0.0647 e. The van der Waals surface area contributed by atoms with E-state index in [2.05, 4.69) is 13.0 Å². The summed E-state index contributed by atoms with van der Waals surface area (Å²) in [6.07, 6.45) is 0. The van der Waals surface area contributed by atoms with Gasteiger partial charge in [-0.1, -0.05) is 23.2 Å². The van der Waals surface area contributed by atoms with E-state index in [4.69, 9.17) is 28.9 Å². The average molecular weight is 272 g/mol. The summed E-state index contributed by atoms with van der Waals surface area (Å²) in [6.45, 7) is 2.06. The minimum atomic E-state index is -0.158. The second-order valence-electron chi connectivity index (χ2n) is 3.63. The van der Waals surface area contributed by atoms with E-state index in [1.54, 1.807) is 17.4 Å². The molecule has 0 bridgehead atoms. The highest BCUT2D eigenvalue weighted by atomic mass is 35.5. The molecule has 2 aromatic rings. The van der Waals surface area contributed by atoms with E-state index in [9.17, 15) is 0 Å². The van der Waals surface area contributed by atoms with Gasteiger partial charge in [0, 0.05) is 19.8 Å². The Bertz CT molecular complexity index is 487. The van der Waals surface area contributed by atoms with Crippen LogP contribution in [0.3, 0.4) is 0 Å². The van der Waals surface area contributed by atoms with Gasteiger partial charge < -0.3 is 5.73 Å². The number of rotatable bonds is 2. The van der Waals surface area contributed by atoms with Crippen LogP contribution in [0.5, 0.6) is 0 Å². The molecule has 1 atom stereocenters. The van der Waals surface area contributed by atoms with Gasteiger partial charge in [-0.05, 0) is 42.8 Å². The minimum Gasteiger partial charge on any atom is -0.320 e. The van der Waals surface area contributed by atoms with Crippen molar-refractivity contribution in [3.8, 4) is 0 Å². The Hall–Kier alpha value is -0.540. The minimum absolute atomic E-state index is 0.158. The maximum atomic E-state index is 6.16. The van der Waals surface area contributed by atoms with Crippen molar-refractivity contribution in [2.75, 3.05) is 0 Å². The lowest BCUT2D eigenvalue weighted by molar-refractivity contribution is 0.894. The van der Waals surface area contributed by atoms with Crippen molar-refractivity contribution >= 4 is 34.5 Å². The molecular weight excluding hydrogens is 261 g/mol. The Kier molecular flexibility index (Phi) is 3.55. The van der Waals surface area contributed by atoms with Crippen LogP contribution in [0.2, 0.25) is 10.0 Å². The van der Waals surface area contributed by atoms with Crippen molar-refractivity contribution in [2.24, 2.45) is 5.73 Å². The van der Waals surface area contributed by atoms with E-state index >= 15 is 0 Å². The van der Waals surface area contributed by atoms with E-state index in [1.807, 2.05) is 18.2 Å². The van der Waals surface area contributed by atoms with E-state index < -0.39 is 0 Å². The molecule has 0 fully saturated rings. The molecule has 0 aliphatic rings. The number of aryl methyl sites for hydroxylation is 1. The summed E-state index contributed by atoms with van der Waals surface area (Å²) in [4.78, 5) is 2.37. The van der Waals surface area contributed by atoms with Crippen molar-refractivity contribution in [2.45, 2.75) is 13.0 Å². The van der Waals surface area contributed by atoms with Crippen LogP contribution in [0.15, 0.2) is 30.3 Å². The third kappa shape index (κ3) is 2.58. The first-order valence-corrected chi connectivity index (χ1v) is 6.41. The van der Waals surface area contributed by atoms with Crippen LogP contribution in [0.4, 0.5) is 0 Å². The highest BCUT2D eigenvalue weighted by Crippen LogP contribution is 2.29. The number of halogens is 2. The van der Waals surface area contributed by atoms with Crippen molar-refractivity contribution < 1.29 is 0 Å². The van der Waals surface area contributed by atoms with E-state index in [-0.39, 0.29) is 6.04 Å². The fourth-order valence-electron chi connectivity index (χ4n) is 1.54. The molecule has 1 nitrogen and oxygen atoms in total. The third-order valence-electron chi connectivity index (χ3n) is 2.31. The van der Waals surface area contributed by atoms with Gasteiger partial charge in [0.25, 0.3) is 0 Å². The Balaban J connectivity index is 2.37. The quantitative estimate of drug-likeness (QED) is 0.860. The molecule has 4 heteroatoms. The molecule has 0 aliphatic heterocycles. The summed E-state index contributed by atoms with van der Waals surface area (Å²) in [6, 6.07) is 9.36.